The van der Waals surface area contributed by atoms with E-state index in [0.29, 0.717) is 5.70 Å². The van der Waals surface area contributed by atoms with Crippen LogP contribution in [0.5, 0.6) is 0 Å². The molecule has 2 heterocycles. The predicted molar refractivity (Wildman–Crippen MR) is 106 cm³/mol. The van der Waals surface area contributed by atoms with Gasteiger partial charge in [0.25, 0.3) is 0 Å². The van der Waals surface area contributed by atoms with Gasteiger partial charge in [0.1, 0.15) is 7.85 Å². The number of urea groups is 1. The summed E-state index contributed by atoms with van der Waals surface area (Å²) in [6.07, 6.45) is 1.76. The summed E-state index contributed by atoms with van der Waals surface area (Å²) in [5.74, 6) is 0.213. The number of hydrogen-bond donors (Lipinski definition) is 2. The van der Waals surface area contributed by atoms with Gasteiger partial charge < -0.3 is 10.6 Å². The SMILES string of the molecule is Bc1cc(C(=C)NC(=O)Nc2c(C)ccnc2C(C)C)c(C)nc1C. The predicted octanol–water partition coefficient (Wildman–Crippen LogP) is 2.58. The van der Waals surface area contributed by atoms with Gasteiger partial charge in [0.05, 0.1) is 11.4 Å². The van der Waals surface area contributed by atoms with Crippen molar-refractivity contribution < 1.29 is 4.79 Å². The normalized spacial score (nSPS) is 10.6. The number of nitrogens with one attached hydrogen (secondary N) is 2. The van der Waals surface area contributed by atoms with Crippen LogP contribution in [0.15, 0.2) is 24.9 Å². The van der Waals surface area contributed by atoms with Gasteiger partial charge in [-0.05, 0) is 38.3 Å². The molecule has 0 unspecified atom stereocenters. The number of hydrogen-bond acceptors (Lipinski definition) is 3. The molecule has 0 bridgehead atoms. The van der Waals surface area contributed by atoms with Gasteiger partial charge in [0.2, 0.25) is 0 Å². The molecule has 0 atom stereocenters. The van der Waals surface area contributed by atoms with Crippen LogP contribution in [0.25, 0.3) is 5.70 Å². The number of amides is 2. The lowest BCUT2D eigenvalue weighted by atomic mass is 9.92. The van der Waals surface area contributed by atoms with Crippen LogP contribution in [0, 0.1) is 20.8 Å². The lowest BCUT2D eigenvalue weighted by molar-refractivity contribution is 0.255. The van der Waals surface area contributed by atoms with Crippen LogP contribution in [0.2, 0.25) is 0 Å². The Bertz CT molecular complexity index is 830. The molecule has 0 radical (unpaired) electrons. The molecule has 0 saturated heterocycles. The first kappa shape index (κ1) is 18.7. The number of aryl methyl sites for hydroxylation is 3. The van der Waals surface area contributed by atoms with Crippen molar-refractivity contribution >= 4 is 30.7 Å². The highest BCUT2D eigenvalue weighted by molar-refractivity contribution is 6.33. The maximum atomic E-state index is 12.5. The highest BCUT2D eigenvalue weighted by atomic mass is 16.2. The van der Waals surface area contributed by atoms with Crippen molar-refractivity contribution in [2.75, 3.05) is 5.32 Å². The van der Waals surface area contributed by atoms with E-state index in [1.165, 1.54) is 0 Å². The Morgan fingerprint density at radius 1 is 1.24 bits per heavy atom. The minimum Gasteiger partial charge on any atom is -0.308 e. The third kappa shape index (κ3) is 4.26. The zero-order chi connectivity index (χ0) is 18.7. The number of nitrogens with zero attached hydrogens (tertiary/aromatic N) is 2. The molecule has 2 N–H and O–H groups in total. The number of carbonyl (C=O) groups is 1. The second kappa shape index (κ2) is 7.51. The van der Waals surface area contributed by atoms with E-state index >= 15 is 0 Å². The van der Waals surface area contributed by atoms with Crippen LogP contribution < -0.4 is 16.1 Å². The quantitative estimate of drug-likeness (QED) is 0.844. The third-order valence-electron chi connectivity index (χ3n) is 4.22. The second-order valence-electron chi connectivity index (χ2n) is 6.62. The van der Waals surface area contributed by atoms with Gasteiger partial charge in [0.15, 0.2) is 0 Å². The summed E-state index contributed by atoms with van der Waals surface area (Å²) in [7, 11) is 1.99. The van der Waals surface area contributed by atoms with Crippen molar-refractivity contribution in [3.05, 3.63) is 53.1 Å². The van der Waals surface area contributed by atoms with Crippen molar-refractivity contribution in [2.45, 2.75) is 40.5 Å². The van der Waals surface area contributed by atoms with Gasteiger partial charge in [-0.3, -0.25) is 9.97 Å². The maximum Gasteiger partial charge on any atom is 0.323 e. The Hall–Kier alpha value is -2.63. The van der Waals surface area contributed by atoms with E-state index < -0.39 is 0 Å². The molecular formula is C19H25BN4O. The fourth-order valence-corrected chi connectivity index (χ4v) is 2.66. The van der Waals surface area contributed by atoms with E-state index in [0.717, 1.165) is 39.4 Å². The fraction of sp³-hybridized carbons (Fsp3) is 0.316. The summed E-state index contributed by atoms with van der Waals surface area (Å²) in [6.45, 7) is 13.9. The molecule has 2 aromatic rings. The average Bonchev–Trinajstić information content (AvgIpc) is 2.52. The van der Waals surface area contributed by atoms with E-state index in [1.54, 1.807) is 6.20 Å². The van der Waals surface area contributed by atoms with Crippen LogP contribution in [-0.2, 0) is 0 Å². The molecule has 0 spiro atoms. The molecule has 2 aromatic heterocycles. The first-order valence-electron chi connectivity index (χ1n) is 8.38. The topological polar surface area (TPSA) is 66.9 Å². The standard InChI is InChI=1S/C19H25BN4O/c1-10(2)17-18(11(3)7-8-21-17)24-19(25)23-13(5)15-9-16(20)14(6)22-12(15)4/h7-10H,5,20H2,1-4,6H3,(H2,23,24,25). The number of carbonyl (C=O) groups excluding carboxylic acids is 1. The third-order valence-corrected chi connectivity index (χ3v) is 4.22. The zero-order valence-corrected chi connectivity index (χ0v) is 15.8. The van der Waals surface area contributed by atoms with Crippen LogP contribution in [0.1, 0.15) is 48.0 Å². The average molecular weight is 336 g/mol. The van der Waals surface area contributed by atoms with Gasteiger partial charge in [0, 0.05) is 28.8 Å². The van der Waals surface area contributed by atoms with Gasteiger partial charge >= 0.3 is 6.03 Å². The Morgan fingerprint density at radius 2 is 1.92 bits per heavy atom. The molecule has 2 amide bonds. The summed E-state index contributed by atoms with van der Waals surface area (Å²) < 4.78 is 0. The van der Waals surface area contributed by atoms with Crippen molar-refractivity contribution in [1.82, 2.24) is 15.3 Å². The molecule has 0 aliphatic heterocycles. The van der Waals surface area contributed by atoms with E-state index in [9.17, 15) is 4.79 Å². The highest BCUT2D eigenvalue weighted by Crippen LogP contribution is 2.25. The second-order valence-corrected chi connectivity index (χ2v) is 6.62. The summed E-state index contributed by atoms with van der Waals surface area (Å²) in [6, 6.07) is 3.55. The van der Waals surface area contributed by atoms with E-state index in [2.05, 4.69) is 27.2 Å². The van der Waals surface area contributed by atoms with Crippen molar-refractivity contribution in [2.24, 2.45) is 0 Å². The summed E-state index contributed by atoms with van der Waals surface area (Å²) >= 11 is 0. The van der Waals surface area contributed by atoms with Crippen LogP contribution in [0.4, 0.5) is 10.5 Å². The molecule has 0 aliphatic carbocycles. The maximum absolute atomic E-state index is 12.5. The Labute approximate surface area is 150 Å². The Morgan fingerprint density at radius 3 is 2.56 bits per heavy atom. The highest BCUT2D eigenvalue weighted by Gasteiger charge is 2.15. The first-order chi connectivity index (χ1) is 11.7. The fourth-order valence-electron chi connectivity index (χ4n) is 2.66. The van der Waals surface area contributed by atoms with Crippen LogP contribution >= 0.6 is 0 Å². The molecule has 0 fully saturated rings. The van der Waals surface area contributed by atoms with Crippen LogP contribution in [-0.4, -0.2) is 23.8 Å². The monoisotopic (exact) mass is 336 g/mol. The molecule has 130 valence electrons. The molecule has 0 aromatic carbocycles. The van der Waals surface area contributed by atoms with Crippen LogP contribution in [0.3, 0.4) is 0 Å². The van der Waals surface area contributed by atoms with E-state index in [1.807, 2.05) is 54.6 Å². The van der Waals surface area contributed by atoms with Crippen molar-refractivity contribution in [3.8, 4) is 0 Å². The number of anilines is 1. The molecule has 25 heavy (non-hydrogen) atoms. The van der Waals surface area contributed by atoms with Gasteiger partial charge in [-0.1, -0.05) is 32.0 Å². The lowest BCUT2D eigenvalue weighted by Gasteiger charge is -2.17. The molecule has 2 rings (SSSR count). The molecule has 0 saturated carbocycles. The minimum atomic E-state index is -0.333. The Balaban J connectivity index is 2.19. The minimum absolute atomic E-state index is 0.213. The number of aromatic nitrogens is 2. The molecular weight excluding hydrogens is 311 g/mol. The molecule has 0 aliphatic rings. The number of rotatable bonds is 4. The molecule has 6 heteroatoms. The van der Waals surface area contributed by atoms with Crippen molar-refractivity contribution in [1.29, 1.82) is 0 Å². The summed E-state index contributed by atoms with van der Waals surface area (Å²) in [5.41, 5.74) is 6.84. The van der Waals surface area contributed by atoms with E-state index in [-0.39, 0.29) is 11.9 Å². The summed E-state index contributed by atoms with van der Waals surface area (Å²) in [5, 5.41) is 5.73. The van der Waals surface area contributed by atoms with Gasteiger partial charge in [-0.2, -0.15) is 0 Å². The largest absolute Gasteiger partial charge is 0.323 e. The number of pyridine rings is 2. The van der Waals surface area contributed by atoms with E-state index in [4.69, 9.17) is 0 Å². The lowest BCUT2D eigenvalue weighted by Crippen LogP contribution is -2.29. The Kier molecular flexibility index (Phi) is 5.62. The van der Waals surface area contributed by atoms with Gasteiger partial charge in [-0.15, -0.1) is 0 Å². The smallest absolute Gasteiger partial charge is 0.308 e. The summed E-state index contributed by atoms with van der Waals surface area (Å²) in [4.78, 5) is 21.3. The van der Waals surface area contributed by atoms with Crippen molar-refractivity contribution in [3.63, 3.8) is 0 Å². The van der Waals surface area contributed by atoms with Gasteiger partial charge in [-0.25, -0.2) is 4.79 Å². The zero-order valence-electron chi connectivity index (χ0n) is 15.8. The molecule has 5 nitrogen and oxygen atoms in total. The first-order valence-corrected chi connectivity index (χ1v) is 8.38.